The van der Waals surface area contributed by atoms with Crippen molar-refractivity contribution in [3.05, 3.63) is 16.9 Å². The molecule has 1 unspecified atom stereocenters. The Balaban J connectivity index is 2.90. The summed E-state index contributed by atoms with van der Waals surface area (Å²) in [4.78, 5) is 14.1. The van der Waals surface area contributed by atoms with Crippen molar-refractivity contribution in [3.63, 3.8) is 0 Å². The number of hydrogen-bond acceptors (Lipinski definition) is 4. The van der Waals surface area contributed by atoms with Crippen molar-refractivity contribution >= 4 is 17.4 Å². The van der Waals surface area contributed by atoms with Gasteiger partial charge in [0.2, 0.25) is 0 Å². The SMILES string of the molecule is CNC(C)C(=O)c1c(Cl)cnn1CCN(C)C. The van der Waals surface area contributed by atoms with Crippen LogP contribution in [0.1, 0.15) is 17.4 Å². The molecule has 1 aromatic heterocycles. The highest BCUT2D eigenvalue weighted by atomic mass is 35.5. The molecule has 0 aliphatic heterocycles. The van der Waals surface area contributed by atoms with Gasteiger partial charge >= 0.3 is 0 Å². The van der Waals surface area contributed by atoms with Gasteiger partial charge < -0.3 is 10.2 Å². The second-order valence-electron chi connectivity index (χ2n) is 4.24. The van der Waals surface area contributed by atoms with Gasteiger partial charge in [-0.15, -0.1) is 0 Å². The fraction of sp³-hybridized carbons (Fsp3) is 0.636. The number of likely N-dealkylation sites (N-methyl/N-ethyl adjacent to an activating group) is 2. The van der Waals surface area contributed by atoms with Gasteiger partial charge in [-0.3, -0.25) is 9.48 Å². The van der Waals surface area contributed by atoms with Crippen molar-refractivity contribution in [1.82, 2.24) is 20.0 Å². The topological polar surface area (TPSA) is 50.2 Å². The van der Waals surface area contributed by atoms with Gasteiger partial charge in [0.05, 0.1) is 23.8 Å². The molecule has 0 spiro atoms. The molecule has 1 heterocycles. The summed E-state index contributed by atoms with van der Waals surface area (Å²) < 4.78 is 1.67. The lowest BCUT2D eigenvalue weighted by Crippen LogP contribution is -2.33. The summed E-state index contributed by atoms with van der Waals surface area (Å²) in [6.07, 6.45) is 1.52. The number of hydrogen-bond donors (Lipinski definition) is 1. The first kappa shape index (κ1) is 14.2. The van der Waals surface area contributed by atoms with Crippen LogP contribution >= 0.6 is 11.6 Å². The minimum absolute atomic E-state index is 0.0336. The molecule has 0 aliphatic rings. The van der Waals surface area contributed by atoms with E-state index in [2.05, 4.69) is 10.4 Å². The van der Waals surface area contributed by atoms with Crippen LogP contribution in [0.4, 0.5) is 0 Å². The quantitative estimate of drug-likeness (QED) is 0.770. The molecule has 0 saturated heterocycles. The number of ketones is 1. The molecule has 0 aromatic carbocycles. The zero-order valence-corrected chi connectivity index (χ0v) is 11.5. The average Bonchev–Trinajstić information content (AvgIpc) is 2.65. The lowest BCUT2D eigenvalue weighted by Gasteiger charge is -2.14. The molecular formula is C11H19ClN4O. The van der Waals surface area contributed by atoms with Gasteiger partial charge in [-0.2, -0.15) is 5.10 Å². The number of aromatic nitrogens is 2. The monoisotopic (exact) mass is 258 g/mol. The molecule has 0 amide bonds. The van der Waals surface area contributed by atoms with E-state index in [-0.39, 0.29) is 11.8 Å². The van der Waals surface area contributed by atoms with E-state index in [1.165, 1.54) is 6.20 Å². The van der Waals surface area contributed by atoms with Crippen LogP contribution < -0.4 is 5.32 Å². The Morgan fingerprint density at radius 1 is 1.65 bits per heavy atom. The Bertz CT molecular complexity index is 389. The van der Waals surface area contributed by atoms with E-state index < -0.39 is 0 Å². The van der Waals surface area contributed by atoms with Crippen LogP contribution in [-0.2, 0) is 6.54 Å². The Hall–Kier alpha value is -0.910. The van der Waals surface area contributed by atoms with Gasteiger partial charge in [0.25, 0.3) is 0 Å². The van der Waals surface area contributed by atoms with Crippen LogP contribution in [0.3, 0.4) is 0 Å². The molecule has 17 heavy (non-hydrogen) atoms. The molecule has 5 nitrogen and oxygen atoms in total. The Morgan fingerprint density at radius 2 is 2.29 bits per heavy atom. The molecule has 1 N–H and O–H groups in total. The molecule has 1 aromatic rings. The molecule has 0 saturated carbocycles. The van der Waals surface area contributed by atoms with Crippen LogP contribution in [0.5, 0.6) is 0 Å². The zero-order valence-electron chi connectivity index (χ0n) is 10.7. The van der Waals surface area contributed by atoms with Crippen molar-refractivity contribution in [2.24, 2.45) is 0 Å². The lowest BCUT2D eigenvalue weighted by atomic mass is 10.1. The van der Waals surface area contributed by atoms with Gasteiger partial charge in [0.1, 0.15) is 5.69 Å². The molecule has 1 atom stereocenters. The molecule has 0 fully saturated rings. The fourth-order valence-electron chi connectivity index (χ4n) is 1.41. The van der Waals surface area contributed by atoms with Gasteiger partial charge in [-0.25, -0.2) is 0 Å². The summed E-state index contributed by atoms with van der Waals surface area (Å²) in [5.41, 5.74) is 0.482. The lowest BCUT2D eigenvalue weighted by molar-refractivity contribution is 0.0943. The second kappa shape index (κ2) is 6.14. The molecule has 0 aliphatic carbocycles. The molecule has 0 bridgehead atoms. The normalized spacial score (nSPS) is 13.1. The maximum absolute atomic E-state index is 12.1. The van der Waals surface area contributed by atoms with Crippen molar-refractivity contribution in [3.8, 4) is 0 Å². The summed E-state index contributed by atoms with van der Waals surface area (Å²) in [5, 5.41) is 7.46. The third kappa shape index (κ3) is 3.52. The maximum atomic E-state index is 12.1. The van der Waals surface area contributed by atoms with Crippen molar-refractivity contribution < 1.29 is 4.79 Å². The van der Waals surface area contributed by atoms with Gasteiger partial charge in [0.15, 0.2) is 5.78 Å². The van der Waals surface area contributed by atoms with Crippen LogP contribution in [0.15, 0.2) is 6.20 Å². The first-order valence-electron chi connectivity index (χ1n) is 5.55. The number of halogens is 1. The van der Waals surface area contributed by atoms with Crippen LogP contribution in [0.2, 0.25) is 5.02 Å². The largest absolute Gasteiger partial charge is 0.310 e. The third-order valence-corrected chi connectivity index (χ3v) is 2.89. The van der Waals surface area contributed by atoms with E-state index in [1.54, 1.807) is 11.7 Å². The van der Waals surface area contributed by atoms with E-state index in [4.69, 9.17) is 11.6 Å². The highest BCUT2D eigenvalue weighted by Crippen LogP contribution is 2.17. The number of carbonyl (C=O) groups is 1. The smallest absolute Gasteiger partial charge is 0.198 e. The van der Waals surface area contributed by atoms with Crippen LogP contribution in [0, 0.1) is 0 Å². The molecular weight excluding hydrogens is 240 g/mol. The number of Topliss-reactive ketones (excluding diaryl/α,β-unsaturated/α-hetero) is 1. The Kier molecular flexibility index (Phi) is 5.11. The van der Waals surface area contributed by atoms with Crippen molar-refractivity contribution in [2.45, 2.75) is 19.5 Å². The minimum Gasteiger partial charge on any atom is -0.310 e. The molecule has 0 radical (unpaired) electrons. The molecule has 6 heteroatoms. The van der Waals surface area contributed by atoms with Gasteiger partial charge in [0, 0.05) is 6.54 Å². The van der Waals surface area contributed by atoms with Gasteiger partial charge in [-0.05, 0) is 28.1 Å². The predicted molar refractivity (Wildman–Crippen MR) is 68.6 cm³/mol. The molecule has 96 valence electrons. The third-order valence-electron chi connectivity index (χ3n) is 2.61. The summed E-state index contributed by atoms with van der Waals surface area (Å²) >= 11 is 6.01. The Labute approximate surface area is 107 Å². The highest BCUT2D eigenvalue weighted by Gasteiger charge is 2.21. The highest BCUT2D eigenvalue weighted by molar-refractivity contribution is 6.33. The summed E-state index contributed by atoms with van der Waals surface area (Å²) in [6.45, 7) is 3.27. The van der Waals surface area contributed by atoms with Crippen molar-refractivity contribution in [1.29, 1.82) is 0 Å². The first-order valence-corrected chi connectivity index (χ1v) is 5.92. The average molecular weight is 259 g/mol. The summed E-state index contributed by atoms with van der Waals surface area (Å²) in [6, 6.07) is -0.262. The van der Waals surface area contributed by atoms with E-state index in [0.717, 1.165) is 6.54 Å². The number of rotatable bonds is 6. The van der Waals surface area contributed by atoms with E-state index >= 15 is 0 Å². The minimum atomic E-state index is -0.262. The van der Waals surface area contributed by atoms with Crippen LogP contribution in [0.25, 0.3) is 0 Å². The maximum Gasteiger partial charge on any atom is 0.198 e. The van der Waals surface area contributed by atoms with Gasteiger partial charge in [-0.1, -0.05) is 11.6 Å². The number of nitrogens with zero attached hydrogens (tertiary/aromatic N) is 3. The summed E-state index contributed by atoms with van der Waals surface area (Å²) in [7, 11) is 5.70. The number of carbonyl (C=O) groups excluding carboxylic acids is 1. The molecule has 1 rings (SSSR count). The van der Waals surface area contributed by atoms with Crippen molar-refractivity contribution in [2.75, 3.05) is 27.7 Å². The fourth-order valence-corrected chi connectivity index (χ4v) is 1.64. The zero-order chi connectivity index (χ0) is 13.0. The second-order valence-corrected chi connectivity index (χ2v) is 4.65. The summed E-state index contributed by atoms with van der Waals surface area (Å²) in [5.74, 6) is -0.0336. The van der Waals surface area contributed by atoms with E-state index in [9.17, 15) is 4.79 Å². The van der Waals surface area contributed by atoms with Crippen LogP contribution in [-0.4, -0.2) is 54.2 Å². The predicted octanol–water partition coefficient (Wildman–Crippen LogP) is 0.889. The Morgan fingerprint density at radius 3 is 2.82 bits per heavy atom. The van der Waals surface area contributed by atoms with E-state index in [0.29, 0.717) is 17.3 Å². The van der Waals surface area contributed by atoms with E-state index in [1.807, 2.05) is 25.9 Å². The first-order chi connectivity index (χ1) is 7.97. The number of nitrogens with one attached hydrogen (secondary N) is 1. The standard InChI is InChI=1S/C11H19ClN4O/c1-8(13-2)11(17)10-9(12)7-14-16(10)6-5-15(3)4/h7-8,13H,5-6H2,1-4H3.